The number of aliphatic hydroxyl groups excluding tert-OH is 1. The second-order valence-electron chi connectivity index (χ2n) is 5.91. The fourth-order valence-electron chi connectivity index (χ4n) is 2.76. The van der Waals surface area contributed by atoms with E-state index in [4.69, 9.17) is 5.11 Å². The molecule has 1 aromatic carbocycles. The molecule has 0 radical (unpaired) electrons. The predicted molar refractivity (Wildman–Crippen MR) is 84.4 cm³/mol. The number of halogens is 2. The average molecular weight is 327 g/mol. The zero-order chi connectivity index (χ0) is 16.8. The van der Waals surface area contributed by atoms with Crippen LogP contribution in [-0.4, -0.2) is 42.9 Å². The van der Waals surface area contributed by atoms with Crippen molar-refractivity contribution in [2.24, 2.45) is 0 Å². The summed E-state index contributed by atoms with van der Waals surface area (Å²) in [7, 11) is 0. The van der Waals surface area contributed by atoms with E-state index in [-0.39, 0.29) is 24.7 Å². The molecule has 0 spiro atoms. The third kappa shape index (κ3) is 5.06. The first-order valence-corrected chi connectivity index (χ1v) is 7.87. The molecule has 7 heteroatoms. The summed E-state index contributed by atoms with van der Waals surface area (Å²) in [5.41, 5.74) is 0.354. The topological polar surface area (TPSA) is 64.6 Å². The van der Waals surface area contributed by atoms with Gasteiger partial charge in [-0.2, -0.15) is 0 Å². The molecule has 2 amide bonds. The number of aliphatic hydroxyl groups is 1. The Bertz CT molecular complexity index is 542. The lowest BCUT2D eigenvalue weighted by molar-refractivity contribution is 0.231. The summed E-state index contributed by atoms with van der Waals surface area (Å²) in [6, 6.07) is 3.16. The van der Waals surface area contributed by atoms with Gasteiger partial charge in [-0.3, -0.25) is 0 Å². The van der Waals surface area contributed by atoms with E-state index in [1.54, 1.807) is 4.90 Å². The molecule has 2 unspecified atom stereocenters. The van der Waals surface area contributed by atoms with Crippen LogP contribution >= 0.6 is 0 Å². The lowest BCUT2D eigenvalue weighted by Crippen LogP contribution is -2.46. The lowest BCUT2D eigenvalue weighted by Gasteiger charge is -2.20. The molecule has 5 nitrogen and oxygen atoms in total. The van der Waals surface area contributed by atoms with Gasteiger partial charge in [0.15, 0.2) is 0 Å². The second kappa shape index (κ2) is 8.10. The zero-order valence-corrected chi connectivity index (χ0v) is 13.2. The summed E-state index contributed by atoms with van der Waals surface area (Å²) in [4.78, 5) is 13.7. The zero-order valence-electron chi connectivity index (χ0n) is 13.2. The molecule has 1 aliphatic rings. The smallest absolute Gasteiger partial charge is 0.315 e. The SMILES string of the molecule is CC(CCCO)NC(=O)NC1CCN(c2ccc(F)cc2F)C1. The molecule has 0 saturated carbocycles. The van der Waals surface area contributed by atoms with Crippen LogP contribution in [0.15, 0.2) is 18.2 Å². The van der Waals surface area contributed by atoms with Crippen LogP contribution in [0, 0.1) is 11.6 Å². The fourth-order valence-corrected chi connectivity index (χ4v) is 2.76. The molecule has 1 aromatic rings. The van der Waals surface area contributed by atoms with Gasteiger partial charge in [0.2, 0.25) is 0 Å². The Balaban J connectivity index is 1.82. The number of hydrogen-bond donors (Lipinski definition) is 3. The molecule has 1 saturated heterocycles. The van der Waals surface area contributed by atoms with Crippen molar-refractivity contribution in [1.82, 2.24) is 10.6 Å². The van der Waals surface area contributed by atoms with Crippen molar-refractivity contribution in [3.05, 3.63) is 29.8 Å². The second-order valence-corrected chi connectivity index (χ2v) is 5.91. The Hall–Kier alpha value is -1.89. The van der Waals surface area contributed by atoms with Crippen molar-refractivity contribution in [2.45, 2.75) is 38.3 Å². The normalized spacial score (nSPS) is 18.8. The minimum atomic E-state index is -0.601. The average Bonchev–Trinajstić information content (AvgIpc) is 2.93. The van der Waals surface area contributed by atoms with Gasteiger partial charge < -0.3 is 20.6 Å². The molecule has 1 fully saturated rings. The number of rotatable bonds is 6. The summed E-state index contributed by atoms with van der Waals surface area (Å²) in [6.45, 7) is 3.08. The maximum atomic E-state index is 13.8. The minimum absolute atomic E-state index is 0.0193. The van der Waals surface area contributed by atoms with E-state index in [1.807, 2.05) is 6.92 Å². The molecule has 3 N–H and O–H groups in total. The Morgan fingerprint density at radius 1 is 1.48 bits per heavy atom. The first-order chi connectivity index (χ1) is 11.0. The van der Waals surface area contributed by atoms with Crippen LogP contribution in [0.25, 0.3) is 0 Å². The molecule has 2 rings (SSSR count). The van der Waals surface area contributed by atoms with E-state index in [9.17, 15) is 13.6 Å². The third-order valence-corrected chi connectivity index (χ3v) is 3.95. The number of benzene rings is 1. The molecule has 1 heterocycles. The van der Waals surface area contributed by atoms with E-state index in [0.717, 1.165) is 6.07 Å². The highest BCUT2D eigenvalue weighted by molar-refractivity contribution is 5.74. The summed E-state index contributed by atoms with van der Waals surface area (Å²) >= 11 is 0. The molecule has 1 aliphatic heterocycles. The van der Waals surface area contributed by atoms with Crippen molar-refractivity contribution in [3.8, 4) is 0 Å². The van der Waals surface area contributed by atoms with Crippen LogP contribution in [-0.2, 0) is 0 Å². The number of nitrogens with one attached hydrogen (secondary N) is 2. The van der Waals surface area contributed by atoms with Crippen molar-refractivity contribution < 1.29 is 18.7 Å². The van der Waals surface area contributed by atoms with Crippen molar-refractivity contribution in [1.29, 1.82) is 0 Å². The summed E-state index contributed by atoms with van der Waals surface area (Å²) in [5, 5.41) is 14.4. The molecule has 128 valence electrons. The Labute approximate surface area is 134 Å². The highest BCUT2D eigenvalue weighted by Crippen LogP contribution is 2.24. The molecule has 2 atom stereocenters. The van der Waals surface area contributed by atoms with Crippen LogP contribution in [0.2, 0.25) is 0 Å². The fraction of sp³-hybridized carbons (Fsp3) is 0.562. The van der Waals surface area contributed by atoms with Gasteiger partial charge in [-0.1, -0.05) is 0 Å². The van der Waals surface area contributed by atoms with Gasteiger partial charge >= 0.3 is 6.03 Å². The summed E-state index contributed by atoms with van der Waals surface area (Å²) in [5.74, 6) is -1.19. The quantitative estimate of drug-likeness (QED) is 0.749. The number of carbonyl (C=O) groups is 1. The number of anilines is 1. The van der Waals surface area contributed by atoms with Crippen LogP contribution in [0.5, 0.6) is 0 Å². The molecular weight excluding hydrogens is 304 g/mol. The van der Waals surface area contributed by atoms with E-state index < -0.39 is 11.6 Å². The summed E-state index contributed by atoms with van der Waals surface area (Å²) < 4.78 is 26.7. The van der Waals surface area contributed by atoms with Crippen LogP contribution in [0.1, 0.15) is 26.2 Å². The Morgan fingerprint density at radius 2 is 2.26 bits per heavy atom. The van der Waals surface area contributed by atoms with Gasteiger partial charge in [0.05, 0.1) is 5.69 Å². The molecule has 0 aliphatic carbocycles. The number of hydrogen-bond acceptors (Lipinski definition) is 3. The number of urea groups is 1. The number of carbonyl (C=O) groups excluding carboxylic acids is 1. The van der Waals surface area contributed by atoms with Crippen molar-refractivity contribution >= 4 is 11.7 Å². The lowest BCUT2D eigenvalue weighted by atomic mass is 10.2. The first kappa shape index (κ1) is 17.5. The maximum absolute atomic E-state index is 13.8. The van der Waals surface area contributed by atoms with Crippen LogP contribution in [0.4, 0.5) is 19.3 Å². The van der Waals surface area contributed by atoms with Gasteiger partial charge in [-0.15, -0.1) is 0 Å². The molecule has 0 bridgehead atoms. The monoisotopic (exact) mass is 327 g/mol. The van der Waals surface area contributed by atoms with Gasteiger partial charge in [0.25, 0.3) is 0 Å². The first-order valence-electron chi connectivity index (χ1n) is 7.87. The van der Waals surface area contributed by atoms with Crippen molar-refractivity contribution in [2.75, 3.05) is 24.6 Å². The maximum Gasteiger partial charge on any atom is 0.315 e. The van der Waals surface area contributed by atoms with E-state index >= 15 is 0 Å². The largest absolute Gasteiger partial charge is 0.396 e. The van der Waals surface area contributed by atoms with Gasteiger partial charge in [-0.25, -0.2) is 13.6 Å². The van der Waals surface area contributed by atoms with Gasteiger partial charge in [-0.05, 0) is 38.3 Å². The van der Waals surface area contributed by atoms with E-state index in [0.29, 0.717) is 38.0 Å². The van der Waals surface area contributed by atoms with E-state index in [1.165, 1.54) is 12.1 Å². The third-order valence-electron chi connectivity index (χ3n) is 3.95. The predicted octanol–water partition coefficient (Wildman–Crippen LogP) is 2.00. The standard InChI is InChI=1S/C16H23F2N3O2/c1-11(3-2-8-22)19-16(23)20-13-6-7-21(10-13)15-5-4-12(17)9-14(15)18/h4-5,9,11,13,22H,2-3,6-8,10H2,1H3,(H2,19,20,23). The summed E-state index contributed by atoms with van der Waals surface area (Å²) in [6.07, 6.45) is 2.05. The number of amides is 2. The minimum Gasteiger partial charge on any atom is -0.396 e. The van der Waals surface area contributed by atoms with E-state index in [2.05, 4.69) is 10.6 Å². The van der Waals surface area contributed by atoms with Gasteiger partial charge in [0.1, 0.15) is 11.6 Å². The van der Waals surface area contributed by atoms with Crippen LogP contribution in [0.3, 0.4) is 0 Å². The Kier molecular flexibility index (Phi) is 6.15. The van der Waals surface area contributed by atoms with Gasteiger partial charge in [0, 0.05) is 37.8 Å². The highest BCUT2D eigenvalue weighted by Gasteiger charge is 2.26. The molecular formula is C16H23F2N3O2. The highest BCUT2D eigenvalue weighted by atomic mass is 19.1. The number of nitrogens with zero attached hydrogens (tertiary/aromatic N) is 1. The van der Waals surface area contributed by atoms with Crippen molar-refractivity contribution in [3.63, 3.8) is 0 Å². The molecule has 0 aromatic heterocycles. The Morgan fingerprint density at radius 3 is 2.96 bits per heavy atom. The van der Waals surface area contributed by atoms with Crippen LogP contribution < -0.4 is 15.5 Å². The molecule has 23 heavy (non-hydrogen) atoms.